The summed E-state index contributed by atoms with van der Waals surface area (Å²) in [5.41, 5.74) is 2.59. The van der Waals surface area contributed by atoms with E-state index in [-0.39, 0.29) is 6.03 Å². The Labute approximate surface area is 163 Å². The van der Waals surface area contributed by atoms with Crippen LogP contribution in [0, 0.1) is 0 Å². The first-order valence-electron chi connectivity index (χ1n) is 8.87. The number of amides is 2. The van der Waals surface area contributed by atoms with Crippen LogP contribution >= 0.6 is 11.6 Å². The molecule has 4 rings (SSSR count). The second-order valence-corrected chi connectivity index (χ2v) is 6.73. The number of carbonyl (C=O) groups excluding carboxylic acids is 1. The van der Waals surface area contributed by atoms with E-state index >= 15 is 0 Å². The van der Waals surface area contributed by atoms with Crippen LogP contribution in [0.15, 0.2) is 67.0 Å². The van der Waals surface area contributed by atoms with Gasteiger partial charge in [-0.15, -0.1) is 0 Å². The second kappa shape index (κ2) is 7.72. The van der Waals surface area contributed by atoms with Crippen molar-refractivity contribution in [3.05, 3.63) is 72.0 Å². The first kappa shape index (κ1) is 17.4. The van der Waals surface area contributed by atoms with E-state index in [1.807, 2.05) is 65.7 Å². The quantitative estimate of drug-likeness (QED) is 0.749. The molecule has 1 aromatic heterocycles. The lowest BCUT2D eigenvalue weighted by atomic mass is 10.2. The first-order chi connectivity index (χ1) is 13.2. The van der Waals surface area contributed by atoms with Crippen LogP contribution in [-0.4, -0.2) is 46.9 Å². The summed E-state index contributed by atoms with van der Waals surface area (Å²) in [6.45, 7) is 2.78. The summed E-state index contributed by atoms with van der Waals surface area (Å²) in [6.07, 6.45) is 3.57. The van der Waals surface area contributed by atoms with Crippen molar-refractivity contribution in [1.82, 2.24) is 14.7 Å². The molecule has 2 heterocycles. The molecule has 2 aromatic carbocycles. The highest BCUT2D eigenvalue weighted by Gasteiger charge is 2.23. The molecular formula is C20H20ClN5O. The van der Waals surface area contributed by atoms with Crippen molar-refractivity contribution in [2.75, 3.05) is 36.4 Å². The van der Waals surface area contributed by atoms with Gasteiger partial charge in [0.05, 0.1) is 22.1 Å². The minimum Gasteiger partial charge on any atom is -0.367 e. The molecule has 1 fully saturated rings. The SMILES string of the molecule is O=C(Nc1ccccc1-n1cccn1)N1CCN(c2ccccc2Cl)CC1. The monoisotopic (exact) mass is 381 g/mol. The molecule has 138 valence electrons. The summed E-state index contributed by atoms with van der Waals surface area (Å²) in [5.74, 6) is 0. The molecule has 0 unspecified atom stereocenters. The van der Waals surface area contributed by atoms with Crippen LogP contribution in [0.5, 0.6) is 0 Å². The van der Waals surface area contributed by atoms with Crippen molar-refractivity contribution in [3.8, 4) is 5.69 Å². The largest absolute Gasteiger partial charge is 0.367 e. The van der Waals surface area contributed by atoms with Crippen LogP contribution in [-0.2, 0) is 0 Å². The number of hydrogen-bond donors (Lipinski definition) is 1. The van der Waals surface area contributed by atoms with E-state index < -0.39 is 0 Å². The molecule has 2 amide bonds. The van der Waals surface area contributed by atoms with E-state index in [1.165, 1.54) is 0 Å². The molecule has 0 spiro atoms. The fourth-order valence-corrected chi connectivity index (χ4v) is 3.50. The van der Waals surface area contributed by atoms with E-state index in [0.717, 1.165) is 35.2 Å². The number of halogens is 1. The zero-order valence-corrected chi connectivity index (χ0v) is 15.5. The number of urea groups is 1. The highest BCUT2D eigenvalue weighted by molar-refractivity contribution is 6.33. The molecule has 0 aliphatic carbocycles. The maximum atomic E-state index is 12.7. The third-order valence-corrected chi connectivity index (χ3v) is 4.98. The maximum Gasteiger partial charge on any atom is 0.322 e. The van der Waals surface area contributed by atoms with Gasteiger partial charge in [-0.05, 0) is 30.3 Å². The Morgan fingerprint density at radius 1 is 0.926 bits per heavy atom. The number of anilines is 2. The van der Waals surface area contributed by atoms with E-state index in [1.54, 1.807) is 10.9 Å². The van der Waals surface area contributed by atoms with Gasteiger partial charge in [0, 0.05) is 38.6 Å². The second-order valence-electron chi connectivity index (χ2n) is 6.32. The fourth-order valence-electron chi connectivity index (χ4n) is 3.24. The number of aromatic nitrogens is 2. The van der Waals surface area contributed by atoms with Gasteiger partial charge in [-0.2, -0.15) is 5.10 Å². The smallest absolute Gasteiger partial charge is 0.322 e. The highest BCUT2D eigenvalue weighted by Crippen LogP contribution is 2.26. The van der Waals surface area contributed by atoms with Gasteiger partial charge < -0.3 is 15.1 Å². The van der Waals surface area contributed by atoms with Crippen molar-refractivity contribution in [1.29, 1.82) is 0 Å². The zero-order chi connectivity index (χ0) is 18.6. The Morgan fingerprint density at radius 3 is 2.33 bits per heavy atom. The maximum absolute atomic E-state index is 12.7. The van der Waals surface area contributed by atoms with Crippen LogP contribution in [0.1, 0.15) is 0 Å². The topological polar surface area (TPSA) is 53.4 Å². The Morgan fingerprint density at radius 2 is 1.63 bits per heavy atom. The standard InChI is InChI=1S/C20H20ClN5O/c21-16-6-1-3-8-18(16)24-12-14-25(15-13-24)20(27)23-17-7-2-4-9-19(17)26-11-5-10-22-26/h1-11H,12-15H2,(H,23,27). The summed E-state index contributed by atoms with van der Waals surface area (Å²) in [6, 6.07) is 17.2. The lowest BCUT2D eigenvalue weighted by Gasteiger charge is -2.36. The van der Waals surface area contributed by atoms with Gasteiger partial charge in [0.2, 0.25) is 0 Å². The van der Waals surface area contributed by atoms with Crippen LogP contribution in [0.4, 0.5) is 16.2 Å². The number of rotatable bonds is 3. The molecule has 0 radical (unpaired) electrons. The molecule has 1 aliphatic rings. The van der Waals surface area contributed by atoms with Gasteiger partial charge in [-0.1, -0.05) is 35.9 Å². The summed E-state index contributed by atoms with van der Waals surface area (Å²) in [4.78, 5) is 16.8. The van der Waals surface area contributed by atoms with Crippen LogP contribution < -0.4 is 10.2 Å². The number of nitrogens with one attached hydrogen (secondary N) is 1. The van der Waals surface area contributed by atoms with Gasteiger partial charge in [0.1, 0.15) is 0 Å². The predicted octanol–water partition coefficient (Wildman–Crippen LogP) is 3.88. The van der Waals surface area contributed by atoms with Crippen LogP contribution in [0.2, 0.25) is 5.02 Å². The molecule has 6 nitrogen and oxygen atoms in total. The van der Waals surface area contributed by atoms with Gasteiger partial charge in [-0.3, -0.25) is 0 Å². The minimum atomic E-state index is -0.103. The van der Waals surface area contributed by atoms with E-state index in [9.17, 15) is 4.79 Å². The van der Waals surface area contributed by atoms with Crippen LogP contribution in [0.3, 0.4) is 0 Å². The Balaban J connectivity index is 1.42. The molecule has 1 aliphatic heterocycles. The Kier molecular flexibility index (Phi) is 4.98. The molecular weight excluding hydrogens is 362 g/mol. The summed E-state index contributed by atoms with van der Waals surface area (Å²) < 4.78 is 1.74. The van der Waals surface area contributed by atoms with Crippen molar-refractivity contribution < 1.29 is 4.79 Å². The molecule has 3 aromatic rings. The molecule has 0 bridgehead atoms. The molecule has 7 heteroatoms. The average molecular weight is 382 g/mol. The Hall–Kier alpha value is -2.99. The highest BCUT2D eigenvalue weighted by atomic mass is 35.5. The molecule has 1 saturated heterocycles. The number of carbonyl (C=O) groups is 1. The number of nitrogens with zero attached hydrogens (tertiary/aromatic N) is 4. The fraction of sp³-hybridized carbons (Fsp3) is 0.200. The molecule has 0 saturated carbocycles. The lowest BCUT2D eigenvalue weighted by molar-refractivity contribution is 0.208. The van der Waals surface area contributed by atoms with Crippen molar-refractivity contribution >= 4 is 29.0 Å². The zero-order valence-electron chi connectivity index (χ0n) is 14.8. The van der Waals surface area contributed by atoms with Crippen LogP contribution in [0.25, 0.3) is 5.69 Å². The Bertz CT molecular complexity index is 920. The number of piperazine rings is 1. The number of hydrogen-bond acceptors (Lipinski definition) is 3. The predicted molar refractivity (Wildman–Crippen MR) is 108 cm³/mol. The van der Waals surface area contributed by atoms with Crippen molar-refractivity contribution in [3.63, 3.8) is 0 Å². The van der Waals surface area contributed by atoms with Crippen molar-refractivity contribution in [2.24, 2.45) is 0 Å². The van der Waals surface area contributed by atoms with Crippen molar-refractivity contribution in [2.45, 2.75) is 0 Å². The lowest BCUT2D eigenvalue weighted by Crippen LogP contribution is -2.50. The molecule has 27 heavy (non-hydrogen) atoms. The van der Waals surface area contributed by atoms with Gasteiger partial charge in [-0.25, -0.2) is 9.48 Å². The van der Waals surface area contributed by atoms with E-state index in [0.29, 0.717) is 13.1 Å². The average Bonchev–Trinajstić information content (AvgIpc) is 3.23. The normalized spacial score (nSPS) is 14.3. The number of para-hydroxylation sites is 3. The third kappa shape index (κ3) is 3.75. The summed E-state index contributed by atoms with van der Waals surface area (Å²) >= 11 is 6.29. The van der Waals surface area contributed by atoms with Gasteiger partial charge >= 0.3 is 6.03 Å². The van der Waals surface area contributed by atoms with E-state index in [4.69, 9.17) is 11.6 Å². The minimum absolute atomic E-state index is 0.103. The first-order valence-corrected chi connectivity index (χ1v) is 9.24. The summed E-state index contributed by atoms with van der Waals surface area (Å²) in [7, 11) is 0. The van der Waals surface area contributed by atoms with E-state index in [2.05, 4.69) is 15.3 Å². The van der Waals surface area contributed by atoms with Gasteiger partial charge in [0.15, 0.2) is 0 Å². The number of benzene rings is 2. The summed E-state index contributed by atoms with van der Waals surface area (Å²) in [5, 5.41) is 8.01. The third-order valence-electron chi connectivity index (χ3n) is 4.66. The molecule has 0 atom stereocenters. The van der Waals surface area contributed by atoms with Gasteiger partial charge in [0.25, 0.3) is 0 Å². The molecule has 1 N–H and O–H groups in total.